The van der Waals surface area contributed by atoms with E-state index in [-0.39, 0.29) is 11.7 Å². The van der Waals surface area contributed by atoms with Gasteiger partial charge in [-0.2, -0.15) is 0 Å². The third-order valence-electron chi connectivity index (χ3n) is 2.90. The standard InChI is InChI=1S/C15H15FN2O3/c1-20-13-6-3-9(7-11(13)17)15(19)18-12-5-4-10(16)8-14(12)21-2/h3-8H,17H2,1-2H3,(H,18,19). The van der Waals surface area contributed by atoms with E-state index >= 15 is 0 Å². The lowest BCUT2D eigenvalue weighted by Gasteiger charge is -2.11. The van der Waals surface area contributed by atoms with Crippen LogP contribution in [0.3, 0.4) is 0 Å². The largest absolute Gasteiger partial charge is 0.495 e. The molecule has 0 atom stereocenters. The Balaban J connectivity index is 2.24. The third kappa shape index (κ3) is 3.22. The molecule has 2 aromatic rings. The van der Waals surface area contributed by atoms with Crippen molar-refractivity contribution in [1.29, 1.82) is 0 Å². The molecule has 5 nitrogen and oxygen atoms in total. The van der Waals surface area contributed by atoms with Crippen molar-refractivity contribution in [3.05, 3.63) is 47.8 Å². The van der Waals surface area contributed by atoms with E-state index in [1.807, 2.05) is 0 Å². The first kappa shape index (κ1) is 14.6. The SMILES string of the molecule is COc1ccc(C(=O)Nc2ccc(F)cc2OC)cc1N. The lowest BCUT2D eigenvalue weighted by molar-refractivity contribution is 0.102. The van der Waals surface area contributed by atoms with Crippen LogP contribution in [0.2, 0.25) is 0 Å². The van der Waals surface area contributed by atoms with Crippen LogP contribution in [0.25, 0.3) is 0 Å². The van der Waals surface area contributed by atoms with Crippen molar-refractivity contribution in [2.45, 2.75) is 0 Å². The number of nitrogens with two attached hydrogens (primary N) is 1. The zero-order valence-corrected chi connectivity index (χ0v) is 11.6. The lowest BCUT2D eigenvalue weighted by atomic mass is 10.1. The van der Waals surface area contributed by atoms with Gasteiger partial charge < -0.3 is 20.5 Å². The molecule has 2 rings (SSSR count). The van der Waals surface area contributed by atoms with Gasteiger partial charge in [-0.05, 0) is 30.3 Å². The molecule has 3 N–H and O–H groups in total. The smallest absolute Gasteiger partial charge is 0.255 e. The Morgan fingerprint density at radius 3 is 2.43 bits per heavy atom. The van der Waals surface area contributed by atoms with Gasteiger partial charge in [0.05, 0.1) is 25.6 Å². The van der Waals surface area contributed by atoms with E-state index in [1.165, 1.54) is 38.5 Å². The molecule has 0 aliphatic rings. The van der Waals surface area contributed by atoms with Crippen molar-refractivity contribution >= 4 is 17.3 Å². The lowest BCUT2D eigenvalue weighted by Crippen LogP contribution is -2.13. The van der Waals surface area contributed by atoms with Gasteiger partial charge in [0.15, 0.2) is 0 Å². The maximum absolute atomic E-state index is 13.1. The average molecular weight is 290 g/mol. The molecule has 0 bridgehead atoms. The zero-order chi connectivity index (χ0) is 15.4. The van der Waals surface area contributed by atoms with Gasteiger partial charge in [0.25, 0.3) is 5.91 Å². The van der Waals surface area contributed by atoms with E-state index in [9.17, 15) is 9.18 Å². The van der Waals surface area contributed by atoms with Gasteiger partial charge in [0.2, 0.25) is 0 Å². The monoisotopic (exact) mass is 290 g/mol. The molecule has 0 aliphatic heterocycles. The minimum absolute atomic E-state index is 0.241. The van der Waals surface area contributed by atoms with Crippen molar-refractivity contribution in [2.75, 3.05) is 25.3 Å². The Bertz CT molecular complexity index is 674. The highest BCUT2D eigenvalue weighted by molar-refractivity contribution is 6.05. The number of halogens is 1. The predicted octanol–water partition coefficient (Wildman–Crippen LogP) is 2.68. The van der Waals surface area contributed by atoms with Gasteiger partial charge in [-0.3, -0.25) is 4.79 Å². The summed E-state index contributed by atoms with van der Waals surface area (Å²) in [5, 5.41) is 2.64. The van der Waals surface area contributed by atoms with Crippen LogP contribution in [0.15, 0.2) is 36.4 Å². The summed E-state index contributed by atoms with van der Waals surface area (Å²) in [4.78, 5) is 12.2. The number of carbonyl (C=O) groups excluding carboxylic acids is 1. The van der Waals surface area contributed by atoms with Crippen LogP contribution in [-0.2, 0) is 0 Å². The first-order valence-electron chi connectivity index (χ1n) is 6.13. The van der Waals surface area contributed by atoms with Crippen molar-refractivity contribution in [3.63, 3.8) is 0 Å². The van der Waals surface area contributed by atoms with Crippen molar-refractivity contribution in [3.8, 4) is 11.5 Å². The fraction of sp³-hybridized carbons (Fsp3) is 0.133. The number of nitrogen functional groups attached to an aromatic ring is 1. The molecule has 1 amide bonds. The number of benzene rings is 2. The number of hydrogen-bond donors (Lipinski definition) is 2. The Morgan fingerprint density at radius 2 is 1.81 bits per heavy atom. The molecule has 0 aromatic heterocycles. The second-order valence-corrected chi connectivity index (χ2v) is 4.26. The van der Waals surface area contributed by atoms with Crippen molar-refractivity contribution in [1.82, 2.24) is 0 Å². The number of methoxy groups -OCH3 is 2. The molecule has 0 spiro atoms. The Morgan fingerprint density at radius 1 is 1.10 bits per heavy atom. The van der Waals surface area contributed by atoms with Crippen LogP contribution >= 0.6 is 0 Å². The summed E-state index contributed by atoms with van der Waals surface area (Å²) >= 11 is 0. The van der Waals surface area contributed by atoms with Gasteiger partial charge >= 0.3 is 0 Å². The number of rotatable bonds is 4. The molecule has 6 heteroatoms. The van der Waals surface area contributed by atoms with E-state index in [4.69, 9.17) is 15.2 Å². The maximum atomic E-state index is 13.1. The summed E-state index contributed by atoms with van der Waals surface area (Å²) in [6.45, 7) is 0. The minimum Gasteiger partial charge on any atom is -0.495 e. The summed E-state index contributed by atoms with van der Waals surface area (Å²) in [6.07, 6.45) is 0. The van der Waals surface area contributed by atoms with Gasteiger partial charge in [-0.15, -0.1) is 0 Å². The maximum Gasteiger partial charge on any atom is 0.255 e. The van der Waals surface area contributed by atoms with E-state index in [0.29, 0.717) is 22.7 Å². The topological polar surface area (TPSA) is 73.6 Å². The molecule has 0 fully saturated rings. The average Bonchev–Trinajstić information content (AvgIpc) is 2.48. The normalized spacial score (nSPS) is 10.0. The van der Waals surface area contributed by atoms with Crippen LogP contribution in [-0.4, -0.2) is 20.1 Å². The molecule has 0 aliphatic carbocycles. The Kier molecular flexibility index (Phi) is 4.27. The van der Waals surface area contributed by atoms with E-state index < -0.39 is 5.82 Å². The van der Waals surface area contributed by atoms with Crippen LogP contribution in [0.5, 0.6) is 11.5 Å². The molecule has 0 heterocycles. The number of anilines is 2. The number of carbonyl (C=O) groups is 1. The highest BCUT2D eigenvalue weighted by atomic mass is 19.1. The fourth-order valence-electron chi connectivity index (χ4n) is 1.84. The molecule has 0 radical (unpaired) electrons. The summed E-state index contributed by atoms with van der Waals surface area (Å²) in [5.74, 6) is -0.0939. The second kappa shape index (κ2) is 6.13. The molecule has 0 saturated carbocycles. The third-order valence-corrected chi connectivity index (χ3v) is 2.90. The molecule has 21 heavy (non-hydrogen) atoms. The van der Waals surface area contributed by atoms with E-state index in [2.05, 4.69) is 5.32 Å². The summed E-state index contributed by atoms with van der Waals surface area (Å²) < 4.78 is 23.2. The van der Waals surface area contributed by atoms with Crippen LogP contribution in [0.1, 0.15) is 10.4 Å². The zero-order valence-electron chi connectivity index (χ0n) is 11.6. The van der Waals surface area contributed by atoms with Gasteiger partial charge in [-0.25, -0.2) is 4.39 Å². The van der Waals surface area contributed by atoms with E-state index in [1.54, 1.807) is 12.1 Å². The number of amides is 1. The molecular formula is C15H15FN2O3. The van der Waals surface area contributed by atoms with Crippen molar-refractivity contribution in [2.24, 2.45) is 0 Å². The van der Waals surface area contributed by atoms with Crippen LogP contribution in [0.4, 0.5) is 15.8 Å². The summed E-state index contributed by atoms with van der Waals surface area (Å²) in [7, 11) is 2.89. The number of hydrogen-bond acceptors (Lipinski definition) is 4. The van der Waals surface area contributed by atoms with Crippen LogP contribution < -0.4 is 20.5 Å². The van der Waals surface area contributed by atoms with Gasteiger partial charge in [0, 0.05) is 11.6 Å². The minimum atomic E-state index is -0.446. The molecule has 2 aromatic carbocycles. The predicted molar refractivity (Wildman–Crippen MR) is 78.3 cm³/mol. The number of ether oxygens (including phenoxy) is 2. The molecule has 0 saturated heterocycles. The molecule has 0 unspecified atom stereocenters. The summed E-state index contributed by atoms with van der Waals surface area (Å²) in [5.41, 5.74) is 6.85. The highest BCUT2D eigenvalue weighted by Crippen LogP contribution is 2.27. The van der Waals surface area contributed by atoms with E-state index in [0.717, 1.165) is 0 Å². The molecular weight excluding hydrogens is 275 g/mol. The van der Waals surface area contributed by atoms with Crippen LogP contribution in [0, 0.1) is 5.82 Å². The Labute approximate surface area is 121 Å². The Hall–Kier alpha value is -2.76. The fourth-order valence-corrected chi connectivity index (χ4v) is 1.84. The quantitative estimate of drug-likeness (QED) is 0.849. The van der Waals surface area contributed by atoms with Gasteiger partial charge in [0.1, 0.15) is 17.3 Å². The molecule has 110 valence electrons. The first-order chi connectivity index (χ1) is 10.0. The summed E-state index contributed by atoms with van der Waals surface area (Å²) in [6, 6.07) is 8.55. The highest BCUT2D eigenvalue weighted by Gasteiger charge is 2.12. The van der Waals surface area contributed by atoms with Gasteiger partial charge in [-0.1, -0.05) is 0 Å². The second-order valence-electron chi connectivity index (χ2n) is 4.26. The number of nitrogens with one attached hydrogen (secondary N) is 1. The first-order valence-corrected chi connectivity index (χ1v) is 6.13. The van der Waals surface area contributed by atoms with Crippen molar-refractivity contribution < 1.29 is 18.7 Å².